The summed E-state index contributed by atoms with van der Waals surface area (Å²) in [7, 11) is 0. The van der Waals surface area contributed by atoms with Crippen molar-refractivity contribution in [2.75, 3.05) is 0 Å². The third kappa shape index (κ3) is 3.94. The first-order chi connectivity index (χ1) is 14.4. The Bertz CT molecular complexity index is 679. The number of hydrogen-bond acceptors (Lipinski definition) is 4. The van der Waals surface area contributed by atoms with Crippen LogP contribution in [-0.2, 0) is 0 Å². The first kappa shape index (κ1) is 23.7. The summed E-state index contributed by atoms with van der Waals surface area (Å²) in [5.74, 6) is 1.69. The number of aliphatic hydroxyl groups is 4. The van der Waals surface area contributed by atoms with E-state index in [2.05, 4.69) is 20.8 Å². The molecule has 4 rings (SSSR count). The van der Waals surface area contributed by atoms with Gasteiger partial charge in [-0.25, -0.2) is 0 Å². The first-order valence-corrected chi connectivity index (χ1v) is 13.0. The maximum atomic E-state index is 10.1. The van der Waals surface area contributed by atoms with Crippen LogP contribution in [0.2, 0.25) is 0 Å². The molecule has 4 aliphatic rings. The molecule has 0 radical (unpaired) electrons. The van der Waals surface area contributed by atoms with Crippen LogP contribution in [0.3, 0.4) is 0 Å². The third-order valence-electron chi connectivity index (χ3n) is 11.0. The van der Waals surface area contributed by atoms with Gasteiger partial charge in [-0.15, -0.1) is 0 Å². The molecule has 0 bridgehead atoms. The Morgan fingerprint density at radius 2 is 1.58 bits per heavy atom. The van der Waals surface area contributed by atoms with Crippen LogP contribution in [0.4, 0.5) is 0 Å². The van der Waals surface area contributed by atoms with Crippen molar-refractivity contribution in [1.82, 2.24) is 0 Å². The summed E-state index contributed by atoms with van der Waals surface area (Å²) in [6.07, 6.45) is 18.0. The zero-order valence-corrected chi connectivity index (χ0v) is 20.2. The van der Waals surface area contributed by atoms with Crippen molar-refractivity contribution in [3.8, 4) is 0 Å². The van der Waals surface area contributed by atoms with Crippen LogP contribution in [0.25, 0.3) is 0 Å². The Kier molecular flexibility index (Phi) is 6.21. The van der Waals surface area contributed by atoms with Gasteiger partial charge < -0.3 is 20.4 Å². The normalized spacial score (nSPS) is 46.1. The molecule has 0 aromatic carbocycles. The quantitative estimate of drug-likeness (QED) is 0.363. The molecule has 9 atom stereocenters. The molecule has 0 saturated heterocycles. The number of hydrogen-bond donors (Lipinski definition) is 4. The molecular formula is C27H46O4. The summed E-state index contributed by atoms with van der Waals surface area (Å²) in [5.41, 5.74) is -1.07. The average Bonchev–Trinajstić information content (AvgIpc) is 3.03. The van der Waals surface area contributed by atoms with Crippen LogP contribution < -0.4 is 0 Å². The molecule has 0 spiro atoms. The molecule has 4 heteroatoms. The lowest BCUT2D eigenvalue weighted by Gasteiger charge is -2.61. The van der Waals surface area contributed by atoms with Gasteiger partial charge in [-0.1, -0.05) is 39.7 Å². The van der Waals surface area contributed by atoms with Gasteiger partial charge in [-0.05, 0) is 117 Å². The van der Waals surface area contributed by atoms with E-state index in [0.29, 0.717) is 22.7 Å². The molecule has 0 aliphatic heterocycles. The van der Waals surface area contributed by atoms with E-state index in [1.807, 2.05) is 6.08 Å². The summed E-state index contributed by atoms with van der Waals surface area (Å²) in [6.45, 7) is 8.74. The summed E-state index contributed by atoms with van der Waals surface area (Å²) in [6, 6.07) is 0. The molecule has 178 valence electrons. The molecule has 0 aromatic rings. The van der Waals surface area contributed by atoms with E-state index in [-0.39, 0.29) is 0 Å². The van der Waals surface area contributed by atoms with E-state index in [0.717, 1.165) is 30.1 Å². The van der Waals surface area contributed by atoms with E-state index in [1.165, 1.54) is 77.2 Å². The molecule has 0 heterocycles. The van der Waals surface area contributed by atoms with E-state index in [4.69, 9.17) is 0 Å². The molecule has 4 saturated carbocycles. The van der Waals surface area contributed by atoms with Crippen molar-refractivity contribution >= 4 is 0 Å². The SMILES string of the molecule is C[C@H](CC=CC(C)(O)C(O)(O)O)[C@H]1CC[C@H]2[C@@H]3CCC4CCCC[C@]4(C)[C@H]3CC[C@]12C. The monoisotopic (exact) mass is 434 g/mol. The largest absolute Gasteiger partial charge is 0.378 e. The second-order valence-corrected chi connectivity index (χ2v) is 12.5. The summed E-state index contributed by atoms with van der Waals surface area (Å²) in [4.78, 5) is 0. The van der Waals surface area contributed by atoms with Gasteiger partial charge in [-0.2, -0.15) is 0 Å². The number of rotatable bonds is 5. The molecule has 0 amide bonds. The van der Waals surface area contributed by atoms with Crippen LogP contribution in [0.1, 0.15) is 98.3 Å². The van der Waals surface area contributed by atoms with Crippen molar-refractivity contribution in [3.05, 3.63) is 12.2 Å². The maximum absolute atomic E-state index is 10.1. The molecule has 31 heavy (non-hydrogen) atoms. The average molecular weight is 435 g/mol. The van der Waals surface area contributed by atoms with Crippen LogP contribution in [0.15, 0.2) is 12.2 Å². The predicted octanol–water partition coefficient (Wildman–Crippen LogP) is 5.00. The fourth-order valence-electron chi connectivity index (χ4n) is 9.06. The predicted molar refractivity (Wildman–Crippen MR) is 123 cm³/mol. The van der Waals surface area contributed by atoms with Crippen molar-refractivity contribution in [3.63, 3.8) is 0 Å². The van der Waals surface area contributed by atoms with Gasteiger partial charge in [-0.3, -0.25) is 0 Å². The minimum absolute atomic E-state index is 0.406. The van der Waals surface area contributed by atoms with E-state index >= 15 is 0 Å². The van der Waals surface area contributed by atoms with Crippen LogP contribution in [0, 0.1) is 46.3 Å². The smallest absolute Gasteiger partial charge is 0.309 e. The Morgan fingerprint density at radius 3 is 2.29 bits per heavy atom. The Balaban J connectivity index is 1.45. The van der Waals surface area contributed by atoms with Gasteiger partial charge in [0, 0.05) is 0 Å². The van der Waals surface area contributed by atoms with Crippen LogP contribution in [0.5, 0.6) is 0 Å². The molecule has 4 aliphatic carbocycles. The van der Waals surface area contributed by atoms with E-state index in [9.17, 15) is 20.4 Å². The fraction of sp³-hybridized carbons (Fsp3) is 0.926. The van der Waals surface area contributed by atoms with E-state index in [1.54, 1.807) is 0 Å². The summed E-state index contributed by atoms with van der Waals surface area (Å²) in [5, 5.41) is 38.1. The molecular weight excluding hydrogens is 388 g/mol. The topological polar surface area (TPSA) is 80.9 Å². The molecule has 2 unspecified atom stereocenters. The first-order valence-electron chi connectivity index (χ1n) is 13.0. The van der Waals surface area contributed by atoms with Crippen molar-refractivity contribution in [2.24, 2.45) is 46.3 Å². The molecule has 4 nitrogen and oxygen atoms in total. The Morgan fingerprint density at radius 1 is 0.871 bits per heavy atom. The van der Waals surface area contributed by atoms with Gasteiger partial charge in [0.05, 0.1) is 0 Å². The zero-order chi connectivity index (χ0) is 22.7. The summed E-state index contributed by atoms with van der Waals surface area (Å²) < 4.78 is 0. The van der Waals surface area contributed by atoms with Crippen molar-refractivity contribution in [2.45, 2.75) is 110 Å². The van der Waals surface area contributed by atoms with Crippen molar-refractivity contribution in [1.29, 1.82) is 0 Å². The second-order valence-electron chi connectivity index (χ2n) is 12.5. The van der Waals surface area contributed by atoms with Crippen LogP contribution >= 0.6 is 0 Å². The van der Waals surface area contributed by atoms with Gasteiger partial charge in [0.15, 0.2) is 5.60 Å². The van der Waals surface area contributed by atoms with Crippen LogP contribution in [-0.4, -0.2) is 32.0 Å². The lowest BCUT2D eigenvalue weighted by molar-refractivity contribution is -0.374. The minimum Gasteiger partial charge on any atom is -0.378 e. The van der Waals surface area contributed by atoms with Gasteiger partial charge in [0.25, 0.3) is 0 Å². The summed E-state index contributed by atoms with van der Waals surface area (Å²) >= 11 is 0. The van der Waals surface area contributed by atoms with Gasteiger partial charge in [0.2, 0.25) is 0 Å². The Hall–Kier alpha value is -0.420. The highest BCUT2D eigenvalue weighted by molar-refractivity contribution is 5.10. The lowest BCUT2D eigenvalue weighted by Crippen LogP contribution is -2.53. The van der Waals surface area contributed by atoms with Crippen molar-refractivity contribution < 1.29 is 20.4 Å². The van der Waals surface area contributed by atoms with Gasteiger partial charge >= 0.3 is 5.97 Å². The molecule has 0 aromatic heterocycles. The standard InChI is InChI=1S/C27H46O4/c1-18(8-7-16-26(4,28)27(29,30)31)21-12-13-22-20-11-10-19-9-5-6-15-24(19,2)23(20)14-17-25(21,22)3/h7,16,18-23,28-31H,5-6,8-15,17H2,1-4H3/t18-,19?,20+,21-,22+,23+,24+,25-,26?/m1/s1. The highest BCUT2D eigenvalue weighted by Crippen LogP contribution is 2.68. The highest BCUT2D eigenvalue weighted by atomic mass is 16.7. The fourth-order valence-corrected chi connectivity index (χ4v) is 9.06. The maximum Gasteiger partial charge on any atom is 0.309 e. The number of allylic oxidation sites excluding steroid dienone is 1. The molecule has 4 fully saturated rings. The lowest BCUT2D eigenvalue weighted by atomic mass is 9.44. The zero-order valence-electron chi connectivity index (χ0n) is 20.2. The highest BCUT2D eigenvalue weighted by Gasteiger charge is 2.60. The second kappa shape index (κ2) is 8.11. The van der Waals surface area contributed by atoms with Gasteiger partial charge in [0.1, 0.15) is 0 Å². The molecule has 4 N–H and O–H groups in total. The number of fused-ring (bicyclic) bond motifs is 5. The van der Waals surface area contributed by atoms with E-state index < -0.39 is 11.6 Å². The third-order valence-corrected chi connectivity index (χ3v) is 11.0. The minimum atomic E-state index is -3.12. The Labute approximate surface area is 189 Å².